The molecule has 1 aromatic heterocycles. The normalized spacial score (nSPS) is 13.9. The molecule has 0 spiro atoms. The molecule has 0 aliphatic rings. The maximum atomic E-state index is 5.40. The molecule has 0 saturated carbocycles. The Labute approximate surface area is 121 Å². The molecule has 106 valence electrons. The van der Waals surface area contributed by atoms with Crippen LogP contribution in [-0.4, -0.2) is 18.7 Å². The third-order valence-electron chi connectivity index (χ3n) is 3.46. The third-order valence-corrected chi connectivity index (χ3v) is 3.46. The molecular formula is C17H22N2O. The zero-order valence-corrected chi connectivity index (χ0v) is 12.4. The fourth-order valence-corrected chi connectivity index (χ4v) is 2.34. The molecule has 1 heterocycles. The van der Waals surface area contributed by atoms with Crippen LogP contribution in [0.25, 0.3) is 0 Å². The molecule has 0 aliphatic heterocycles. The molecule has 0 amide bonds. The summed E-state index contributed by atoms with van der Waals surface area (Å²) < 4.78 is 5.40. The molecule has 0 aliphatic carbocycles. The number of rotatable bonds is 6. The number of benzene rings is 1. The second-order valence-corrected chi connectivity index (χ2v) is 5.36. The number of hydrogen-bond donors (Lipinski definition) is 1. The van der Waals surface area contributed by atoms with E-state index in [1.54, 1.807) is 7.11 Å². The first-order valence-corrected chi connectivity index (χ1v) is 6.84. The predicted molar refractivity (Wildman–Crippen MR) is 81.5 cm³/mol. The maximum absolute atomic E-state index is 5.40. The van der Waals surface area contributed by atoms with Crippen LogP contribution in [0.15, 0.2) is 48.8 Å². The van der Waals surface area contributed by atoms with Crippen LogP contribution in [0.3, 0.4) is 0 Å². The Morgan fingerprint density at radius 1 is 1.20 bits per heavy atom. The molecule has 1 aromatic carbocycles. The minimum absolute atomic E-state index is 0.209. The largest absolute Gasteiger partial charge is 0.382 e. The Morgan fingerprint density at radius 3 is 2.60 bits per heavy atom. The van der Waals surface area contributed by atoms with E-state index in [4.69, 9.17) is 4.74 Å². The number of aryl methyl sites for hydroxylation is 1. The van der Waals surface area contributed by atoms with Gasteiger partial charge in [-0.3, -0.25) is 4.98 Å². The minimum Gasteiger partial charge on any atom is -0.382 e. The Morgan fingerprint density at radius 2 is 1.95 bits per heavy atom. The van der Waals surface area contributed by atoms with E-state index < -0.39 is 0 Å². The average molecular weight is 270 g/mol. The van der Waals surface area contributed by atoms with Crippen molar-refractivity contribution in [2.24, 2.45) is 0 Å². The second-order valence-electron chi connectivity index (χ2n) is 5.36. The summed E-state index contributed by atoms with van der Waals surface area (Å²) in [6.07, 6.45) is 3.77. The summed E-state index contributed by atoms with van der Waals surface area (Å²) in [6, 6.07) is 12.5. The van der Waals surface area contributed by atoms with Crippen LogP contribution in [0.5, 0.6) is 0 Å². The lowest BCUT2D eigenvalue weighted by atomic mass is 9.92. The molecule has 0 fully saturated rings. The molecule has 3 heteroatoms. The Bertz CT molecular complexity index is 542. The van der Waals surface area contributed by atoms with E-state index in [1.807, 2.05) is 18.5 Å². The maximum Gasteiger partial charge on any atom is 0.0683 e. The number of nitrogens with one attached hydrogen (secondary N) is 1. The van der Waals surface area contributed by atoms with E-state index in [0.29, 0.717) is 6.61 Å². The van der Waals surface area contributed by atoms with Gasteiger partial charge in [0.1, 0.15) is 0 Å². The summed E-state index contributed by atoms with van der Waals surface area (Å²) in [5.41, 5.74) is 3.38. The van der Waals surface area contributed by atoms with Gasteiger partial charge in [0.25, 0.3) is 0 Å². The van der Waals surface area contributed by atoms with Gasteiger partial charge in [-0.2, -0.15) is 0 Å². The van der Waals surface area contributed by atoms with Crippen molar-refractivity contribution in [2.45, 2.75) is 25.9 Å². The first-order chi connectivity index (χ1) is 9.64. The second kappa shape index (κ2) is 6.64. The molecule has 0 unspecified atom stereocenters. The van der Waals surface area contributed by atoms with Gasteiger partial charge >= 0.3 is 0 Å². The van der Waals surface area contributed by atoms with Crippen LogP contribution in [0, 0.1) is 6.92 Å². The van der Waals surface area contributed by atoms with Gasteiger partial charge in [-0.05, 0) is 30.5 Å². The van der Waals surface area contributed by atoms with Gasteiger partial charge in [0.15, 0.2) is 0 Å². The number of hydrogen-bond acceptors (Lipinski definition) is 3. The summed E-state index contributed by atoms with van der Waals surface area (Å²) in [7, 11) is 1.73. The lowest BCUT2D eigenvalue weighted by Crippen LogP contribution is -2.43. The van der Waals surface area contributed by atoms with Crippen molar-refractivity contribution in [3.8, 4) is 0 Å². The first-order valence-electron chi connectivity index (χ1n) is 6.84. The van der Waals surface area contributed by atoms with Crippen molar-refractivity contribution in [3.05, 3.63) is 65.5 Å². The van der Waals surface area contributed by atoms with E-state index in [2.05, 4.69) is 54.5 Å². The Kier molecular flexibility index (Phi) is 4.88. The summed E-state index contributed by atoms with van der Waals surface area (Å²) in [6.45, 7) is 5.61. The highest BCUT2D eigenvalue weighted by molar-refractivity contribution is 5.24. The molecule has 0 saturated heterocycles. The van der Waals surface area contributed by atoms with E-state index in [-0.39, 0.29) is 5.54 Å². The van der Waals surface area contributed by atoms with Gasteiger partial charge < -0.3 is 10.1 Å². The van der Waals surface area contributed by atoms with E-state index in [1.165, 1.54) is 16.7 Å². The zero-order valence-electron chi connectivity index (χ0n) is 12.4. The van der Waals surface area contributed by atoms with E-state index in [0.717, 1.165) is 6.54 Å². The molecule has 0 radical (unpaired) electrons. The topological polar surface area (TPSA) is 34.1 Å². The van der Waals surface area contributed by atoms with Gasteiger partial charge in [0, 0.05) is 26.0 Å². The summed E-state index contributed by atoms with van der Waals surface area (Å²) in [4.78, 5) is 4.23. The zero-order chi connectivity index (χ0) is 14.4. The number of methoxy groups -OCH3 is 1. The van der Waals surface area contributed by atoms with Crippen molar-refractivity contribution < 1.29 is 4.74 Å². The average Bonchev–Trinajstić information content (AvgIpc) is 2.47. The SMILES string of the molecule is COC[C@](C)(NCc1cncc(C)c1)c1ccccc1. The smallest absolute Gasteiger partial charge is 0.0683 e. The fraction of sp³-hybridized carbons (Fsp3) is 0.353. The molecule has 2 aromatic rings. The lowest BCUT2D eigenvalue weighted by molar-refractivity contribution is 0.117. The summed E-state index contributed by atoms with van der Waals surface area (Å²) in [5.74, 6) is 0. The highest BCUT2D eigenvalue weighted by Crippen LogP contribution is 2.21. The van der Waals surface area contributed by atoms with Gasteiger partial charge in [0.05, 0.1) is 12.1 Å². The van der Waals surface area contributed by atoms with Crippen molar-refractivity contribution in [3.63, 3.8) is 0 Å². The van der Waals surface area contributed by atoms with E-state index >= 15 is 0 Å². The first kappa shape index (κ1) is 14.7. The highest BCUT2D eigenvalue weighted by atomic mass is 16.5. The van der Waals surface area contributed by atoms with Gasteiger partial charge in [-0.25, -0.2) is 0 Å². The molecular weight excluding hydrogens is 248 g/mol. The lowest BCUT2D eigenvalue weighted by Gasteiger charge is -2.31. The summed E-state index contributed by atoms with van der Waals surface area (Å²) in [5, 5.41) is 3.59. The van der Waals surface area contributed by atoms with Crippen LogP contribution in [0.4, 0.5) is 0 Å². The van der Waals surface area contributed by atoms with E-state index in [9.17, 15) is 0 Å². The standard InChI is InChI=1S/C17H22N2O/c1-14-9-15(11-18-10-14)12-19-17(2,13-20-3)16-7-5-4-6-8-16/h4-11,19H,12-13H2,1-3H3/t17-/m0/s1. The number of aromatic nitrogens is 1. The molecule has 2 rings (SSSR count). The Hall–Kier alpha value is -1.71. The van der Waals surface area contributed by atoms with Crippen LogP contribution < -0.4 is 5.32 Å². The fourth-order valence-electron chi connectivity index (χ4n) is 2.34. The van der Waals surface area contributed by atoms with Crippen LogP contribution in [0.2, 0.25) is 0 Å². The molecule has 1 N–H and O–H groups in total. The van der Waals surface area contributed by atoms with Crippen molar-refractivity contribution in [1.29, 1.82) is 0 Å². The monoisotopic (exact) mass is 270 g/mol. The van der Waals surface area contributed by atoms with Crippen LogP contribution >= 0.6 is 0 Å². The molecule has 0 bridgehead atoms. The third kappa shape index (κ3) is 3.65. The number of pyridine rings is 1. The minimum atomic E-state index is -0.209. The highest BCUT2D eigenvalue weighted by Gasteiger charge is 2.25. The van der Waals surface area contributed by atoms with Crippen LogP contribution in [-0.2, 0) is 16.8 Å². The van der Waals surface area contributed by atoms with Crippen LogP contribution in [0.1, 0.15) is 23.6 Å². The van der Waals surface area contributed by atoms with Gasteiger partial charge in [-0.1, -0.05) is 36.4 Å². The molecule has 3 nitrogen and oxygen atoms in total. The quantitative estimate of drug-likeness (QED) is 0.876. The van der Waals surface area contributed by atoms with Crippen molar-refractivity contribution in [1.82, 2.24) is 10.3 Å². The van der Waals surface area contributed by atoms with Gasteiger partial charge in [-0.15, -0.1) is 0 Å². The predicted octanol–water partition coefficient (Wildman–Crippen LogP) is 3.04. The molecule has 1 atom stereocenters. The van der Waals surface area contributed by atoms with Gasteiger partial charge in [0.2, 0.25) is 0 Å². The Balaban J connectivity index is 2.13. The number of nitrogens with zero attached hydrogens (tertiary/aromatic N) is 1. The van der Waals surface area contributed by atoms with Crippen molar-refractivity contribution in [2.75, 3.05) is 13.7 Å². The summed E-state index contributed by atoms with van der Waals surface area (Å²) >= 11 is 0. The number of ether oxygens (including phenoxy) is 1. The van der Waals surface area contributed by atoms with Crippen molar-refractivity contribution >= 4 is 0 Å². The molecule has 20 heavy (non-hydrogen) atoms.